The molecule has 0 fully saturated rings. The van der Waals surface area contributed by atoms with Crippen LogP contribution >= 0.6 is 0 Å². The van der Waals surface area contributed by atoms with Crippen molar-refractivity contribution in [3.05, 3.63) is 0 Å². The third kappa shape index (κ3) is 5.19. The Hall–Kier alpha value is -0.990. The summed E-state index contributed by atoms with van der Waals surface area (Å²) in [6.45, 7) is 0.426. The van der Waals surface area contributed by atoms with Gasteiger partial charge in [-0.05, 0) is 6.92 Å². The number of rotatable bonds is 4. The summed E-state index contributed by atoms with van der Waals surface area (Å²) in [6, 6.07) is 0. The van der Waals surface area contributed by atoms with Crippen LogP contribution in [0, 0.1) is 0 Å². The molecule has 0 heterocycles. The lowest BCUT2D eigenvalue weighted by molar-refractivity contribution is -0.314. The first-order valence-corrected chi connectivity index (χ1v) is 3.99. The van der Waals surface area contributed by atoms with E-state index in [0.29, 0.717) is 0 Å². The smallest absolute Gasteiger partial charge is 0.434 e. The Bertz CT molecular complexity index is 219. The quantitative estimate of drug-likeness (QED) is 0.569. The van der Waals surface area contributed by atoms with Gasteiger partial charge in [0.1, 0.15) is 6.61 Å². The maximum absolute atomic E-state index is 11.9. The molecule has 0 bridgehead atoms. The van der Waals surface area contributed by atoms with E-state index in [4.69, 9.17) is 0 Å². The lowest BCUT2D eigenvalue weighted by Gasteiger charge is -2.22. The summed E-state index contributed by atoms with van der Waals surface area (Å²) < 4.78 is 78.7. The zero-order valence-electron chi connectivity index (χ0n) is 7.98. The first kappa shape index (κ1) is 15.0. The first-order valence-electron chi connectivity index (χ1n) is 3.99. The highest BCUT2D eigenvalue weighted by atomic mass is 19.4. The van der Waals surface area contributed by atoms with Crippen molar-refractivity contribution < 1.29 is 40.6 Å². The molecule has 0 atom stereocenters. The molecule has 0 rings (SSSR count). The predicted octanol–water partition coefficient (Wildman–Crippen LogP) is 2.06. The van der Waals surface area contributed by atoms with Crippen molar-refractivity contribution in [2.24, 2.45) is 0 Å². The van der Waals surface area contributed by atoms with Crippen molar-refractivity contribution in [2.45, 2.75) is 25.4 Å². The third-order valence-corrected chi connectivity index (χ3v) is 1.27. The SMILES string of the molecule is CCOCC(=O)OC(C(F)(F)F)C(F)(F)F. The van der Waals surface area contributed by atoms with Gasteiger partial charge in [-0.25, -0.2) is 4.79 Å². The van der Waals surface area contributed by atoms with Gasteiger partial charge in [-0.2, -0.15) is 26.3 Å². The fraction of sp³-hybridized carbons (Fsp3) is 0.857. The van der Waals surface area contributed by atoms with Crippen molar-refractivity contribution in [1.82, 2.24) is 0 Å². The van der Waals surface area contributed by atoms with E-state index in [1.807, 2.05) is 0 Å². The molecular weight excluding hydrogens is 246 g/mol. The molecule has 0 aliphatic rings. The molecule has 16 heavy (non-hydrogen) atoms. The molecule has 3 nitrogen and oxygen atoms in total. The Balaban J connectivity index is 4.52. The molecule has 0 aromatic carbocycles. The molecule has 0 radical (unpaired) electrons. The number of hydrogen-bond donors (Lipinski definition) is 0. The number of carbonyl (C=O) groups excluding carboxylic acids is 1. The fourth-order valence-corrected chi connectivity index (χ4v) is 0.670. The van der Waals surface area contributed by atoms with E-state index in [2.05, 4.69) is 9.47 Å². The molecule has 0 amide bonds. The highest BCUT2D eigenvalue weighted by Gasteiger charge is 2.59. The van der Waals surface area contributed by atoms with Crippen LogP contribution in [0.1, 0.15) is 6.92 Å². The second-order valence-electron chi connectivity index (χ2n) is 2.59. The maximum Gasteiger partial charge on any atom is 0.434 e. The Labute approximate surface area is 86.3 Å². The normalized spacial score (nSPS) is 13.0. The summed E-state index contributed by atoms with van der Waals surface area (Å²) in [4.78, 5) is 10.6. The molecule has 0 saturated carbocycles. The monoisotopic (exact) mass is 254 g/mol. The highest BCUT2D eigenvalue weighted by Crippen LogP contribution is 2.35. The minimum absolute atomic E-state index is 0.0300. The molecule has 0 aliphatic heterocycles. The van der Waals surface area contributed by atoms with Crippen molar-refractivity contribution in [3.63, 3.8) is 0 Å². The molecule has 0 aromatic heterocycles. The van der Waals surface area contributed by atoms with Crippen LogP contribution in [-0.2, 0) is 14.3 Å². The lowest BCUT2D eigenvalue weighted by Crippen LogP contribution is -2.46. The predicted molar refractivity (Wildman–Crippen MR) is 38.5 cm³/mol. The van der Waals surface area contributed by atoms with E-state index in [9.17, 15) is 31.1 Å². The Kier molecular flexibility index (Phi) is 5.04. The number of hydrogen-bond acceptors (Lipinski definition) is 3. The Morgan fingerprint density at radius 3 is 1.88 bits per heavy atom. The van der Waals surface area contributed by atoms with Gasteiger partial charge in [0.05, 0.1) is 0 Å². The van der Waals surface area contributed by atoms with Crippen LogP contribution < -0.4 is 0 Å². The van der Waals surface area contributed by atoms with Gasteiger partial charge in [-0.15, -0.1) is 0 Å². The van der Waals surface area contributed by atoms with E-state index in [0.717, 1.165) is 0 Å². The fourth-order valence-electron chi connectivity index (χ4n) is 0.670. The molecule has 0 aliphatic carbocycles. The summed E-state index contributed by atoms with van der Waals surface area (Å²) >= 11 is 0. The molecule has 9 heteroatoms. The number of carbonyl (C=O) groups is 1. The van der Waals surface area contributed by atoms with E-state index in [-0.39, 0.29) is 6.61 Å². The molecular formula is C7H8F6O3. The number of esters is 1. The van der Waals surface area contributed by atoms with Crippen LogP contribution in [0.2, 0.25) is 0 Å². The molecule has 96 valence electrons. The van der Waals surface area contributed by atoms with Crippen molar-refractivity contribution >= 4 is 5.97 Å². The topological polar surface area (TPSA) is 35.5 Å². The van der Waals surface area contributed by atoms with E-state index >= 15 is 0 Å². The van der Waals surface area contributed by atoms with Crippen LogP contribution in [-0.4, -0.2) is 37.6 Å². The lowest BCUT2D eigenvalue weighted by atomic mass is 10.3. The van der Waals surface area contributed by atoms with Gasteiger partial charge in [0, 0.05) is 6.61 Å². The van der Waals surface area contributed by atoms with Gasteiger partial charge in [-0.3, -0.25) is 0 Å². The van der Waals surface area contributed by atoms with E-state index < -0.39 is 31.0 Å². The third-order valence-electron chi connectivity index (χ3n) is 1.27. The van der Waals surface area contributed by atoms with Gasteiger partial charge in [0.15, 0.2) is 0 Å². The van der Waals surface area contributed by atoms with Crippen LogP contribution in [0.3, 0.4) is 0 Å². The number of halogens is 6. The average molecular weight is 254 g/mol. The van der Waals surface area contributed by atoms with E-state index in [1.54, 1.807) is 0 Å². The van der Waals surface area contributed by atoms with Gasteiger partial charge in [0.25, 0.3) is 6.10 Å². The summed E-state index contributed by atoms with van der Waals surface area (Å²) in [6.07, 6.45) is -15.5. The van der Waals surface area contributed by atoms with Crippen LogP contribution in [0.5, 0.6) is 0 Å². The minimum atomic E-state index is -5.69. The van der Waals surface area contributed by atoms with Gasteiger partial charge in [-0.1, -0.05) is 0 Å². The summed E-state index contributed by atoms with van der Waals surface area (Å²) in [5, 5.41) is 0. The second kappa shape index (κ2) is 5.37. The number of ether oxygens (including phenoxy) is 2. The van der Waals surface area contributed by atoms with Crippen molar-refractivity contribution in [3.8, 4) is 0 Å². The molecule has 0 saturated heterocycles. The van der Waals surface area contributed by atoms with Crippen LogP contribution in [0.4, 0.5) is 26.3 Å². The zero-order chi connectivity index (χ0) is 13.0. The summed E-state index contributed by atoms with van der Waals surface area (Å²) in [5.41, 5.74) is 0. The van der Waals surface area contributed by atoms with Gasteiger partial charge in [0.2, 0.25) is 0 Å². The second-order valence-corrected chi connectivity index (χ2v) is 2.59. The maximum atomic E-state index is 11.9. The average Bonchev–Trinajstić information content (AvgIpc) is 2.07. The standard InChI is InChI=1S/C7H8F6O3/c1-2-15-3-4(14)16-5(6(8,9)10)7(11,12)13/h5H,2-3H2,1H3. The first-order chi connectivity index (χ1) is 7.09. The summed E-state index contributed by atoms with van der Waals surface area (Å²) in [5.74, 6) is -1.72. The Morgan fingerprint density at radius 1 is 1.12 bits per heavy atom. The van der Waals surface area contributed by atoms with Gasteiger partial charge < -0.3 is 9.47 Å². The van der Waals surface area contributed by atoms with E-state index in [1.165, 1.54) is 6.92 Å². The largest absolute Gasteiger partial charge is 0.441 e. The highest BCUT2D eigenvalue weighted by molar-refractivity contribution is 5.71. The molecule has 0 spiro atoms. The molecule has 0 unspecified atom stereocenters. The van der Waals surface area contributed by atoms with Gasteiger partial charge >= 0.3 is 18.3 Å². The van der Waals surface area contributed by atoms with Crippen LogP contribution in [0.15, 0.2) is 0 Å². The minimum Gasteiger partial charge on any atom is -0.441 e. The van der Waals surface area contributed by atoms with Crippen LogP contribution in [0.25, 0.3) is 0 Å². The zero-order valence-corrected chi connectivity index (χ0v) is 7.98. The Morgan fingerprint density at radius 2 is 1.56 bits per heavy atom. The van der Waals surface area contributed by atoms with Crippen molar-refractivity contribution in [2.75, 3.05) is 13.2 Å². The number of alkyl halides is 6. The van der Waals surface area contributed by atoms with Crippen molar-refractivity contribution in [1.29, 1.82) is 0 Å². The molecule has 0 aromatic rings. The summed E-state index contributed by atoms with van der Waals surface area (Å²) in [7, 11) is 0. The molecule has 0 N–H and O–H groups in total.